The molecule has 1 aromatic carbocycles. The number of halogens is 2. The van der Waals surface area contributed by atoms with Crippen molar-refractivity contribution in [2.24, 2.45) is 0 Å². The van der Waals surface area contributed by atoms with Gasteiger partial charge in [-0.1, -0.05) is 11.6 Å². The maximum atomic E-state index is 13.5. The van der Waals surface area contributed by atoms with Crippen molar-refractivity contribution in [1.29, 1.82) is 0 Å². The van der Waals surface area contributed by atoms with Crippen LogP contribution in [0.1, 0.15) is 18.4 Å². The zero-order valence-electron chi connectivity index (χ0n) is 8.59. The van der Waals surface area contributed by atoms with E-state index in [4.69, 9.17) is 21.4 Å². The molecule has 16 heavy (non-hydrogen) atoms. The number of hydrogen-bond donors (Lipinski definition) is 1. The molecule has 0 heterocycles. The van der Waals surface area contributed by atoms with Gasteiger partial charge in [0.15, 0.2) is 11.6 Å². The zero-order valence-corrected chi connectivity index (χ0v) is 9.34. The molecule has 0 amide bonds. The van der Waals surface area contributed by atoms with Gasteiger partial charge >= 0.3 is 5.97 Å². The highest BCUT2D eigenvalue weighted by atomic mass is 35.5. The Kier molecular flexibility index (Phi) is 2.54. The fraction of sp³-hybridized carbons (Fsp3) is 0.364. The highest BCUT2D eigenvalue weighted by Gasteiger charge is 2.52. The molecule has 5 heteroatoms. The average molecular weight is 245 g/mol. The van der Waals surface area contributed by atoms with Gasteiger partial charge in [-0.15, -0.1) is 0 Å². The van der Waals surface area contributed by atoms with E-state index >= 15 is 0 Å². The van der Waals surface area contributed by atoms with Crippen molar-refractivity contribution < 1.29 is 19.0 Å². The van der Waals surface area contributed by atoms with Crippen LogP contribution in [0.3, 0.4) is 0 Å². The standard InChI is InChI=1S/C11H10ClFO3/c1-16-9-7(12)4-6(5-8(9)13)11(2-3-11)10(14)15/h4-5H,2-3H2,1H3,(H,14,15). The van der Waals surface area contributed by atoms with Crippen LogP contribution in [0.5, 0.6) is 5.75 Å². The lowest BCUT2D eigenvalue weighted by molar-refractivity contribution is -0.140. The molecule has 1 aromatic rings. The summed E-state index contributed by atoms with van der Waals surface area (Å²) in [5.74, 6) is -1.61. The molecular weight excluding hydrogens is 235 g/mol. The van der Waals surface area contributed by atoms with E-state index in [1.54, 1.807) is 0 Å². The van der Waals surface area contributed by atoms with Crippen LogP contribution < -0.4 is 4.74 Å². The summed E-state index contributed by atoms with van der Waals surface area (Å²) in [5, 5.41) is 9.17. The Labute approximate surface area is 96.8 Å². The van der Waals surface area contributed by atoms with E-state index in [1.807, 2.05) is 0 Å². The van der Waals surface area contributed by atoms with Gasteiger partial charge in [-0.3, -0.25) is 4.79 Å². The van der Waals surface area contributed by atoms with E-state index in [-0.39, 0.29) is 10.8 Å². The van der Waals surface area contributed by atoms with Gasteiger partial charge in [-0.2, -0.15) is 0 Å². The number of benzene rings is 1. The topological polar surface area (TPSA) is 46.5 Å². The summed E-state index contributed by atoms with van der Waals surface area (Å²) in [6, 6.07) is 2.65. The molecule has 2 rings (SSSR count). The number of hydrogen-bond acceptors (Lipinski definition) is 2. The summed E-state index contributed by atoms with van der Waals surface area (Å²) < 4.78 is 18.3. The van der Waals surface area contributed by atoms with Gasteiger partial charge in [-0.05, 0) is 30.5 Å². The lowest BCUT2D eigenvalue weighted by Gasteiger charge is -2.12. The molecule has 1 saturated carbocycles. The second-order valence-electron chi connectivity index (χ2n) is 3.86. The van der Waals surface area contributed by atoms with Crippen molar-refractivity contribution in [3.05, 3.63) is 28.5 Å². The average Bonchev–Trinajstić information content (AvgIpc) is 2.97. The minimum absolute atomic E-state index is 0.0494. The molecule has 0 aliphatic heterocycles. The van der Waals surface area contributed by atoms with E-state index in [1.165, 1.54) is 19.2 Å². The molecule has 1 aliphatic carbocycles. The van der Waals surface area contributed by atoms with Crippen LogP contribution >= 0.6 is 11.6 Å². The fourth-order valence-corrected chi connectivity index (χ4v) is 2.07. The maximum Gasteiger partial charge on any atom is 0.314 e. The minimum atomic E-state index is -0.948. The number of methoxy groups -OCH3 is 1. The first kappa shape index (κ1) is 11.2. The summed E-state index contributed by atoms with van der Waals surface area (Å²) in [6.07, 6.45) is 1.04. The van der Waals surface area contributed by atoms with Crippen molar-refractivity contribution in [3.63, 3.8) is 0 Å². The number of carboxylic acid groups (broad SMARTS) is 1. The SMILES string of the molecule is COc1c(F)cc(C2(C(=O)O)CC2)cc1Cl. The summed E-state index contributed by atoms with van der Waals surface area (Å²) in [5.41, 5.74) is -0.542. The Bertz CT molecular complexity index is 432. The largest absolute Gasteiger partial charge is 0.492 e. The van der Waals surface area contributed by atoms with Gasteiger partial charge in [0, 0.05) is 0 Å². The second kappa shape index (κ2) is 3.63. The Morgan fingerprint density at radius 1 is 1.56 bits per heavy atom. The first-order chi connectivity index (χ1) is 7.51. The Morgan fingerprint density at radius 3 is 2.56 bits per heavy atom. The first-order valence-corrected chi connectivity index (χ1v) is 5.16. The van der Waals surface area contributed by atoms with Gasteiger partial charge in [-0.25, -0.2) is 4.39 Å². The van der Waals surface area contributed by atoms with Crippen molar-refractivity contribution >= 4 is 17.6 Å². The zero-order chi connectivity index (χ0) is 11.9. The molecule has 1 N–H and O–H groups in total. The Hall–Kier alpha value is -1.29. The predicted octanol–water partition coefficient (Wildman–Crippen LogP) is 2.60. The highest BCUT2D eigenvalue weighted by Crippen LogP contribution is 2.50. The molecule has 3 nitrogen and oxygen atoms in total. The van der Waals surface area contributed by atoms with Gasteiger partial charge < -0.3 is 9.84 Å². The molecule has 0 aromatic heterocycles. The van der Waals surface area contributed by atoms with Gasteiger partial charge in [0.2, 0.25) is 0 Å². The molecule has 0 spiro atoms. The number of carboxylic acids is 1. The molecule has 0 atom stereocenters. The summed E-state index contributed by atoms with van der Waals surface area (Å²) >= 11 is 5.82. The smallest absolute Gasteiger partial charge is 0.314 e. The quantitative estimate of drug-likeness (QED) is 0.889. The highest BCUT2D eigenvalue weighted by molar-refractivity contribution is 6.32. The molecule has 86 valence electrons. The number of carbonyl (C=O) groups is 1. The summed E-state index contributed by atoms with van der Waals surface area (Å²) in [4.78, 5) is 11.1. The van der Waals surface area contributed by atoms with E-state index in [0.717, 1.165) is 0 Å². The molecular formula is C11H10ClFO3. The molecule has 1 fully saturated rings. The molecule has 0 radical (unpaired) electrons. The monoisotopic (exact) mass is 244 g/mol. The predicted molar refractivity (Wildman–Crippen MR) is 56.5 cm³/mol. The van der Waals surface area contributed by atoms with Crippen molar-refractivity contribution in [2.45, 2.75) is 18.3 Å². The van der Waals surface area contributed by atoms with Crippen LogP contribution in [0, 0.1) is 5.82 Å². The van der Waals surface area contributed by atoms with E-state index < -0.39 is 17.2 Å². The normalized spacial score (nSPS) is 16.9. The summed E-state index contributed by atoms with van der Waals surface area (Å²) in [6.45, 7) is 0. The Morgan fingerprint density at radius 2 is 2.19 bits per heavy atom. The number of rotatable bonds is 3. The van der Waals surface area contributed by atoms with Crippen LogP contribution in [-0.4, -0.2) is 18.2 Å². The number of aliphatic carboxylic acids is 1. The van der Waals surface area contributed by atoms with Crippen LogP contribution in [0.25, 0.3) is 0 Å². The first-order valence-electron chi connectivity index (χ1n) is 4.78. The molecule has 1 aliphatic rings. The van der Waals surface area contributed by atoms with Crippen LogP contribution in [-0.2, 0) is 10.2 Å². The third-order valence-electron chi connectivity index (χ3n) is 2.91. The van der Waals surface area contributed by atoms with Crippen molar-refractivity contribution in [2.75, 3.05) is 7.11 Å². The van der Waals surface area contributed by atoms with Crippen molar-refractivity contribution in [3.8, 4) is 5.75 Å². The van der Waals surface area contributed by atoms with Gasteiger partial charge in [0.05, 0.1) is 17.5 Å². The molecule has 0 unspecified atom stereocenters. The van der Waals surface area contributed by atoms with Crippen LogP contribution in [0.2, 0.25) is 5.02 Å². The van der Waals surface area contributed by atoms with Crippen molar-refractivity contribution in [1.82, 2.24) is 0 Å². The maximum absolute atomic E-state index is 13.5. The lowest BCUT2D eigenvalue weighted by Crippen LogP contribution is -2.19. The lowest BCUT2D eigenvalue weighted by atomic mass is 9.96. The van der Waals surface area contributed by atoms with E-state index in [9.17, 15) is 9.18 Å². The molecule has 0 saturated heterocycles. The Balaban J connectivity index is 2.49. The summed E-state index contributed by atoms with van der Waals surface area (Å²) in [7, 11) is 1.31. The van der Waals surface area contributed by atoms with E-state index in [0.29, 0.717) is 18.4 Å². The molecule has 0 bridgehead atoms. The third-order valence-corrected chi connectivity index (χ3v) is 3.20. The fourth-order valence-electron chi connectivity index (χ4n) is 1.78. The van der Waals surface area contributed by atoms with E-state index in [2.05, 4.69) is 0 Å². The minimum Gasteiger partial charge on any atom is -0.492 e. The van der Waals surface area contributed by atoms with Crippen LogP contribution in [0.15, 0.2) is 12.1 Å². The van der Waals surface area contributed by atoms with Gasteiger partial charge in [0.25, 0.3) is 0 Å². The third kappa shape index (κ3) is 1.53. The number of ether oxygens (including phenoxy) is 1. The van der Waals surface area contributed by atoms with Gasteiger partial charge in [0.1, 0.15) is 0 Å². The second-order valence-corrected chi connectivity index (χ2v) is 4.27. The van der Waals surface area contributed by atoms with Crippen LogP contribution in [0.4, 0.5) is 4.39 Å².